The van der Waals surface area contributed by atoms with Gasteiger partial charge < -0.3 is 22.1 Å². The smallest absolute Gasteiger partial charge is 0.0391 e. The molecule has 0 saturated heterocycles. The summed E-state index contributed by atoms with van der Waals surface area (Å²) in [5.74, 6) is 0. The minimum atomic E-state index is 0.639. The first-order chi connectivity index (χ1) is 7.29. The van der Waals surface area contributed by atoms with E-state index >= 15 is 0 Å². The zero-order valence-electron chi connectivity index (χ0n) is 9.22. The third-order valence-electron chi connectivity index (χ3n) is 2.25. The van der Waals surface area contributed by atoms with E-state index in [1.165, 1.54) is 5.56 Å². The quantitative estimate of drug-likeness (QED) is 0.556. The SMILES string of the molecule is Cc1c(NCCN)cccc1NCCN. The summed E-state index contributed by atoms with van der Waals surface area (Å²) in [7, 11) is 0. The van der Waals surface area contributed by atoms with Gasteiger partial charge in [-0.15, -0.1) is 0 Å². The molecule has 84 valence electrons. The van der Waals surface area contributed by atoms with Gasteiger partial charge in [0.1, 0.15) is 0 Å². The number of rotatable bonds is 6. The summed E-state index contributed by atoms with van der Waals surface area (Å²) in [5.41, 5.74) is 14.4. The van der Waals surface area contributed by atoms with Gasteiger partial charge in [-0.2, -0.15) is 0 Å². The van der Waals surface area contributed by atoms with Crippen LogP contribution in [0.2, 0.25) is 0 Å². The minimum absolute atomic E-state index is 0.639. The van der Waals surface area contributed by atoms with E-state index in [1.54, 1.807) is 0 Å². The fourth-order valence-electron chi connectivity index (χ4n) is 1.43. The molecule has 0 aliphatic rings. The van der Waals surface area contributed by atoms with Crippen LogP contribution in [-0.2, 0) is 0 Å². The zero-order valence-corrected chi connectivity index (χ0v) is 9.22. The van der Waals surface area contributed by atoms with Crippen LogP contribution in [0.4, 0.5) is 11.4 Å². The van der Waals surface area contributed by atoms with Crippen LogP contribution in [0.1, 0.15) is 5.56 Å². The molecule has 0 atom stereocenters. The second kappa shape index (κ2) is 6.27. The molecule has 0 heterocycles. The highest BCUT2D eigenvalue weighted by Gasteiger charge is 2.01. The highest BCUT2D eigenvalue weighted by atomic mass is 14.9. The summed E-state index contributed by atoms with van der Waals surface area (Å²) >= 11 is 0. The van der Waals surface area contributed by atoms with E-state index in [-0.39, 0.29) is 0 Å². The van der Waals surface area contributed by atoms with Crippen LogP contribution in [0.25, 0.3) is 0 Å². The third-order valence-corrected chi connectivity index (χ3v) is 2.25. The fourth-order valence-corrected chi connectivity index (χ4v) is 1.43. The number of hydrogen-bond donors (Lipinski definition) is 4. The maximum absolute atomic E-state index is 5.45. The highest BCUT2D eigenvalue weighted by Crippen LogP contribution is 2.22. The molecule has 0 radical (unpaired) electrons. The predicted molar refractivity (Wildman–Crippen MR) is 66.3 cm³/mol. The van der Waals surface area contributed by atoms with Crippen molar-refractivity contribution in [2.24, 2.45) is 11.5 Å². The molecule has 0 aliphatic carbocycles. The molecule has 4 nitrogen and oxygen atoms in total. The van der Waals surface area contributed by atoms with Gasteiger partial charge in [0.25, 0.3) is 0 Å². The molecule has 1 rings (SSSR count). The number of benzene rings is 1. The van der Waals surface area contributed by atoms with E-state index < -0.39 is 0 Å². The Labute approximate surface area is 91.0 Å². The van der Waals surface area contributed by atoms with E-state index in [9.17, 15) is 0 Å². The summed E-state index contributed by atoms with van der Waals surface area (Å²) in [5, 5.41) is 6.57. The standard InChI is InChI=1S/C11H20N4/c1-9-10(14-7-5-12)3-2-4-11(9)15-8-6-13/h2-4,14-15H,5-8,12-13H2,1H3. The molecular formula is C11H20N4. The molecule has 0 aliphatic heterocycles. The van der Waals surface area contributed by atoms with Gasteiger partial charge >= 0.3 is 0 Å². The van der Waals surface area contributed by atoms with Crippen LogP contribution in [-0.4, -0.2) is 26.2 Å². The summed E-state index contributed by atoms with van der Waals surface area (Å²) in [6.07, 6.45) is 0. The maximum atomic E-state index is 5.45. The van der Waals surface area contributed by atoms with Gasteiger partial charge in [-0.3, -0.25) is 0 Å². The molecule has 0 aromatic heterocycles. The molecule has 1 aromatic rings. The molecule has 15 heavy (non-hydrogen) atoms. The van der Waals surface area contributed by atoms with Crippen molar-refractivity contribution in [1.82, 2.24) is 0 Å². The first-order valence-electron chi connectivity index (χ1n) is 5.27. The van der Waals surface area contributed by atoms with E-state index in [4.69, 9.17) is 11.5 Å². The lowest BCUT2D eigenvalue weighted by Crippen LogP contribution is -2.16. The van der Waals surface area contributed by atoms with Crippen LogP contribution in [0.3, 0.4) is 0 Å². The normalized spacial score (nSPS) is 10.1. The topological polar surface area (TPSA) is 76.1 Å². The number of hydrogen-bond acceptors (Lipinski definition) is 4. The van der Waals surface area contributed by atoms with Gasteiger partial charge in [0.05, 0.1) is 0 Å². The van der Waals surface area contributed by atoms with Crippen LogP contribution < -0.4 is 22.1 Å². The monoisotopic (exact) mass is 208 g/mol. The lowest BCUT2D eigenvalue weighted by atomic mass is 10.1. The molecule has 0 bridgehead atoms. The first-order valence-corrected chi connectivity index (χ1v) is 5.27. The zero-order chi connectivity index (χ0) is 11.1. The molecule has 1 aromatic carbocycles. The average molecular weight is 208 g/mol. The van der Waals surface area contributed by atoms with E-state index in [0.717, 1.165) is 24.5 Å². The summed E-state index contributed by atoms with van der Waals surface area (Å²) in [6.45, 7) is 4.94. The van der Waals surface area contributed by atoms with Crippen molar-refractivity contribution in [2.45, 2.75) is 6.92 Å². The average Bonchev–Trinajstić information content (AvgIpc) is 2.26. The van der Waals surface area contributed by atoms with Gasteiger partial charge in [0.15, 0.2) is 0 Å². The van der Waals surface area contributed by atoms with Crippen molar-refractivity contribution in [3.63, 3.8) is 0 Å². The Morgan fingerprint density at radius 2 is 1.47 bits per heavy atom. The lowest BCUT2D eigenvalue weighted by Gasteiger charge is -2.13. The molecule has 0 fully saturated rings. The fraction of sp³-hybridized carbons (Fsp3) is 0.455. The number of nitrogens with one attached hydrogen (secondary N) is 2. The van der Waals surface area contributed by atoms with Gasteiger partial charge in [-0.1, -0.05) is 6.07 Å². The molecule has 4 heteroatoms. The molecule has 0 saturated carbocycles. The van der Waals surface area contributed by atoms with Crippen molar-refractivity contribution in [3.05, 3.63) is 23.8 Å². The minimum Gasteiger partial charge on any atom is -0.384 e. The number of anilines is 2. The second-order valence-corrected chi connectivity index (χ2v) is 3.41. The van der Waals surface area contributed by atoms with Gasteiger partial charge in [0.2, 0.25) is 0 Å². The summed E-state index contributed by atoms with van der Waals surface area (Å²) in [4.78, 5) is 0. The van der Waals surface area contributed by atoms with Gasteiger partial charge in [-0.25, -0.2) is 0 Å². The van der Waals surface area contributed by atoms with E-state index in [2.05, 4.69) is 29.7 Å². The predicted octanol–water partition coefficient (Wildman–Crippen LogP) is 0.736. The van der Waals surface area contributed by atoms with Crippen LogP contribution in [0, 0.1) is 6.92 Å². The van der Waals surface area contributed by atoms with Crippen molar-refractivity contribution in [1.29, 1.82) is 0 Å². The Kier molecular flexibility index (Phi) is 4.93. The number of nitrogens with two attached hydrogens (primary N) is 2. The summed E-state index contributed by atoms with van der Waals surface area (Å²) in [6, 6.07) is 6.13. The Hall–Kier alpha value is -1.26. The van der Waals surface area contributed by atoms with Gasteiger partial charge in [0, 0.05) is 37.6 Å². The molecule has 0 spiro atoms. The van der Waals surface area contributed by atoms with E-state index in [1.807, 2.05) is 6.07 Å². The summed E-state index contributed by atoms with van der Waals surface area (Å²) < 4.78 is 0. The Bertz CT molecular complexity index is 272. The Morgan fingerprint density at radius 3 is 1.87 bits per heavy atom. The van der Waals surface area contributed by atoms with Crippen LogP contribution in [0.15, 0.2) is 18.2 Å². The van der Waals surface area contributed by atoms with Gasteiger partial charge in [-0.05, 0) is 24.6 Å². The van der Waals surface area contributed by atoms with Crippen LogP contribution >= 0.6 is 0 Å². The third kappa shape index (κ3) is 3.42. The molecule has 0 unspecified atom stereocenters. The lowest BCUT2D eigenvalue weighted by molar-refractivity contribution is 1.01. The molecule has 0 amide bonds. The first kappa shape index (κ1) is 11.8. The molecule has 6 N–H and O–H groups in total. The molecular weight excluding hydrogens is 188 g/mol. The second-order valence-electron chi connectivity index (χ2n) is 3.41. The van der Waals surface area contributed by atoms with Crippen molar-refractivity contribution < 1.29 is 0 Å². The largest absolute Gasteiger partial charge is 0.384 e. The van der Waals surface area contributed by atoms with Crippen LogP contribution in [0.5, 0.6) is 0 Å². The van der Waals surface area contributed by atoms with Crippen molar-refractivity contribution in [3.8, 4) is 0 Å². The highest BCUT2D eigenvalue weighted by molar-refractivity contribution is 5.64. The van der Waals surface area contributed by atoms with Crippen molar-refractivity contribution >= 4 is 11.4 Å². The Morgan fingerprint density at radius 1 is 1.00 bits per heavy atom. The van der Waals surface area contributed by atoms with Crippen molar-refractivity contribution in [2.75, 3.05) is 36.8 Å². The van der Waals surface area contributed by atoms with E-state index in [0.29, 0.717) is 13.1 Å². The maximum Gasteiger partial charge on any atom is 0.0391 e. The Balaban J connectivity index is 2.71.